The number of esters is 3. The maximum absolute atomic E-state index is 13.6. The van der Waals surface area contributed by atoms with Gasteiger partial charge in [-0.1, -0.05) is 101 Å². The average molecular weight is 1940 g/mol. The summed E-state index contributed by atoms with van der Waals surface area (Å²) in [4.78, 5) is 48.4. The number of nitriles is 1. The first kappa shape index (κ1) is 118. The molecule has 0 saturated carbocycles. The highest BCUT2D eigenvalue weighted by Crippen LogP contribution is 2.53. The summed E-state index contributed by atoms with van der Waals surface area (Å²) in [5.74, 6) is 0.953. The Morgan fingerprint density at radius 2 is 0.690 bits per heavy atom. The third kappa shape index (κ3) is 51.2. The molecule has 4 saturated heterocycles. The minimum atomic E-state index is -4.14. The summed E-state index contributed by atoms with van der Waals surface area (Å²) >= 11 is 0. The quantitative estimate of drug-likeness (QED) is 0.0179. The molecule has 0 aromatic carbocycles. The van der Waals surface area contributed by atoms with E-state index in [9.17, 15) is 24.2 Å². The second kappa shape index (κ2) is 72.2. The molecule has 129 heavy (non-hydrogen) atoms. The van der Waals surface area contributed by atoms with E-state index in [-0.39, 0.29) is 236 Å². The Hall–Kier alpha value is -3.19. The van der Waals surface area contributed by atoms with Gasteiger partial charge in [-0.3, -0.25) is 28.0 Å². The molecule has 4 heterocycles. The highest BCUT2D eigenvalue weighted by atomic mass is 31.2. The van der Waals surface area contributed by atoms with E-state index in [1.54, 1.807) is 0 Å². The van der Waals surface area contributed by atoms with Gasteiger partial charge in [-0.15, -0.1) is 0 Å². The van der Waals surface area contributed by atoms with Gasteiger partial charge in [0.05, 0.1) is 122 Å². The fraction of sp³-hybridized carbons (Fsp3) is 0.908. The topological polar surface area (TPSA) is 368 Å². The minimum absolute atomic E-state index is 0.00660. The van der Waals surface area contributed by atoms with E-state index in [0.29, 0.717) is 83.1 Å². The molecule has 0 N–H and O–H groups in total. The zero-order chi connectivity index (χ0) is 94.3. The zero-order valence-corrected chi connectivity index (χ0v) is 83.4. The van der Waals surface area contributed by atoms with Crippen molar-refractivity contribution in [3.05, 3.63) is 45.7 Å². The molecule has 0 aromatic rings. The van der Waals surface area contributed by atoms with Gasteiger partial charge in [0.15, 0.2) is 18.9 Å². The highest BCUT2D eigenvalue weighted by Gasteiger charge is 2.45. The molecule has 4 fully saturated rings. The molecule has 4 aliphatic heterocycles. The van der Waals surface area contributed by atoms with E-state index in [1.807, 2.05) is 6.92 Å². The Morgan fingerprint density at radius 1 is 0.372 bits per heavy atom. The van der Waals surface area contributed by atoms with E-state index < -0.39 is 78.7 Å². The van der Waals surface area contributed by atoms with Crippen molar-refractivity contribution in [3.8, 4) is 6.07 Å². The van der Waals surface area contributed by atoms with Crippen molar-refractivity contribution in [2.45, 2.75) is 255 Å². The fourth-order valence-electron chi connectivity index (χ4n) is 14.0. The fourth-order valence-corrected chi connectivity index (χ4v) is 19.2. The summed E-state index contributed by atoms with van der Waals surface area (Å²) in [5.41, 5.74) is -1.12. The molecule has 23 atom stereocenters. The van der Waals surface area contributed by atoms with Crippen molar-refractivity contribution in [1.29, 1.82) is 5.26 Å². The molecule has 0 spiro atoms. The van der Waals surface area contributed by atoms with Gasteiger partial charge in [0.25, 0.3) is 0 Å². The molecule has 42 heteroatoms. The van der Waals surface area contributed by atoms with Crippen molar-refractivity contribution in [2.75, 3.05) is 198 Å². The number of unbranched alkanes of at least 4 members (excludes halogenated alkanes) is 9. The summed E-state index contributed by atoms with van der Waals surface area (Å²) in [6.45, 7) is 58.7. The van der Waals surface area contributed by atoms with Gasteiger partial charge in [0.1, 0.15) is 58.5 Å². The average Bonchev–Trinajstić information content (AvgIpc) is 1.51. The van der Waals surface area contributed by atoms with Gasteiger partial charge in [0, 0.05) is 91.7 Å². The maximum Gasteiger partial charge on any atom is 0.475 e. The number of hydrogen-bond donors (Lipinski definition) is 0. The van der Waals surface area contributed by atoms with Crippen LogP contribution in [0, 0.1) is 96.3 Å². The number of nitrogens with zero attached hydrogens (tertiary/aromatic N) is 5. The van der Waals surface area contributed by atoms with E-state index in [1.165, 1.54) is 27.9 Å². The molecular formula is C87H152N5O32P5. The second-order valence-corrected chi connectivity index (χ2v) is 39.5. The van der Waals surface area contributed by atoms with Gasteiger partial charge >= 0.3 is 60.1 Å². The molecule has 0 aromatic heterocycles. The molecule has 742 valence electrons. The van der Waals surface area contributed by atoms with Crippen molar-refractivity contribution < 1.29 is 148 Å². The molecule has 4 rings (SSSR count). The smallest absolute Gasteiger partial charge is 0.463 e. The van der Waals surface area contributed by atoms with Crippen LogP contribution in [-0.4, -0.2) is 272 Å². The van der Waals surface area contributed by atoms with Gasteiger partial charge in [-0.05, 0) is 100 Å². The number of ether oxygens (including phenoxy) is 13. The lowest BCUT2D eigenvalue weighted by Crippen LogP contribution is -2.47. The molecule has 12 unspecified atom stereocenters. The lowest BCUT2D eigenvalue weighted by Gasteiger charge is -2.43. The van der Waals surface area contributed by atoms with E-state index in [4.69, 9.17) is 156 Å². The third-order valence-corrected chi connectivity index (χ3v) is 28.8. The van der Waals surface area contributed by atoms with Crippen LogP contribution in [-0.2, 0) is 148 Å². The second-order valence-electron chi connectivity index (χ2n) is 32.9. The van der Waals surface area contributed by atoms with Crippen molar-refractivity contribution in [2.24, 2.45) is 58.7 Å². The number of hydrogen-bond acceptors (Lipinski definition) is 33. The van der Waals surface area contributed by atoms with Gasteiger partial charge in [-0.25, -0.2) is 30.9 Å². The first-order valence-corrected chi connectivity index (χ1v) is 51.6. The number of carbonyl (C=O) groups excluding carboxylic acids is 3. The number of phosphoric acid groups is 1. The Balaban J connectivity index is 1.49. The van der Waals surface area contributed by atoms with Crippen molar-refractivity contribution >= 4 is 60.1 Å². The maximum atomic E-state index is 13.6. The SMILES string of the molecule is [C-]#[N+]CCOP(OCCCCCCO[C@@H]1OC(COC(C)=O)[C@H](C)[C@H](C)C1C)OCCCOCC(COCCCOP(OCCCCCCO[C@@H]1OC(COC(C)=O)[C@H](C)[C@H](C)C1C)OCC[N+]#[C-])(COCCCOP(OCCCCCCO[C@@H]1OC(COC(C)=O)[C@H](C)[C@H](C)C1C)OCC[N+]#[C-])COP(OCCC#N)OC[C@H]1O[C@@H](C)CC1OP(=O)(OC)OCC[N+]#[C-]. The van der Waals surface area contributed by atoms with Crippen LogP contribution in [0.5, 0.6) is 0 Å². The normalized spacial score (nSPS) is 26.5. The monoisotopic (exact) mass is 1930 g/mol. The Kier molecular flexibility index (Phi) is 66.1. The van der Waals surface area contributed by atoms with Gasteiger partial charge < -0.3 is 135 Å². The minimum Gasteiger partial charge on any atom is -0.463 e. The first-order valence-electron chi connectivity index (χ1n) is 45.8. The number of carbonyl (C=O) groups is 3. The molecule has 0 radical (unpaired) electrons. The number of rotatable bonds is 78. The van der Waals surface area contributed by atoms with Crippen LogP contribution in [0.15, 0.2) is 0 Å². The summed E-state index contributed by atoms with van der Waals surface area (Å²) < 4.78 is 184. The zero-order valence-electron chi connectivity index (χ0n) is 79.0. The lowest BCUT2D eigenvalue weighted by molar-refractivity contribution is -0.255. The van der Waals surface area contributed by atoms with Crippen LogP contribution in [0.3, 0.4) is 0 Å². The van der Waals surface area contributed by atoms with Gasteiger partial charge in [-0.2, -0.15) is 5.26 Å². The summed E-state index contributed by atoms with van der Waals surface area (Å²) in [6.07, 6.45) is 7.23. The van der Waals surface area contributed by atoms with E-state index >= 15 is 0 Å². The van der Waals surface area contributed by atoms with Crippen molar-refractivity contribution in [1.82, 2.24) is 0 Å². The summed E-state index contributed by atoms with van der Waals surface area (Å²) in [6, 6.07) is 2.10. The van der Waals surface area contributed by atoms with Crippen LogP contribution >= 0.6 is 42.2 Å². The van der Waals surface area contributed by atoms with Gasteiger partial charge in [0.2, 0.25) is 26.2 Å². The van der Waals surface area contributed by atoms with Crippen LogP contribution in [0.2, 0.25) is 0 Å². The Labute approximate surface area is 773 Å². The van der Waals surface area contributed by atoms with E-state index in [2.05, 4.69) is 87.8 Å². The molecule has 37 nitrogen and oxygen atoms in total. The van der Waals surface area contributed by atoms with Crippen LogP contribution in [0.1, 0.15) is 199 Å². The summed E-state index contributed by atoms with van der Waals surface area (Å²) in [7, 11) is -10.7. The standard InChI is InChI=1S/C87H152N5O32P5/c1-66-57-79(124-129(96,97-18)119-56-39-92-17)83(120-66)61-117-128(110-49-31-35-88)118-65-87(62-98-40-32-50-111-125(114-53-36-89-14)107-46-28-22-19-25-43-101-84-73(8)67(2)70(5)80(121-84)58-104-76(11)93,63-99-41-33-51-112-126(115-54-37-90-15)108-47-29-23-20-26-44-102-85-74(9)68(3)71(6)81(122-85)59-105-77(12)94)64-100-42-34-52-113-127(116-55-38-91-16)109-48-30-24-21-27-45-103-86-75(10)69(4)72(7)82(123-86)60-106-78(13)95/h66-75,79-86H,19-34,36-65H2,1-13,18H3/t66-,67-,68-,69-,70+,71+,72+,73?,74?,75?,79?,80?,81?,82?,83+,84+,85+,86+,87?,125?,126?,127?,128?,129?/m0/s1. The number of phosphoric ester groups is 1. The third-order valence-electron chi connectivity index (χ3n) is 22.7. The van der Waals surface area contributed by atoms with Crippen LogP contribution in [0.25, 0.3) is 19.4 Å². The molecular weight excluding hydrogens is 1780 g/mol. The van der Waals surface area contributed by atoms with Crippen LogP contribution in [0.4, 0.5) is 0 Å². The van der Waals surface area contributed by atoms with Crippen LogP contribution < -0.4 is 0 Å². The largest absolute Gasteiger partial charge is 0.475 e. The lowest BCUT2D eigenvalue weighted by atomic mass is 9.79. The Bertz CT molecular complexity index is 2980. The highest BCUT2D eigenvalue weighted by molar-refractivity contribution is 7.48. The summed E-state index contributed by atoms with van der Waals surface area (Å²) in [5, 5.41) is 9.69. The molecule has 0 bridgehead atoms. The molecule has 4 aliphatic rings. The predicted octanol–water partition coefficient (Wildman–Crippen LogP) is 17.5. The Morgan fingerprint density at radius 3 is 1.02 bits per heavy atom. The molecule has 0 aliphatic carbocycles. The van der Waals surface area contributed by atoms with Crippen molar-refractivity contribution in [3.63, 3.8) is 0 Å². The van der Waals surface area contributed by atoms with E-state index in [0.717, 1.165) is 77.0 Å². The molecule has 0 amide bonds. The first-order chi connectivity index (χ1) is 62.3. The predicted molar refractivity (Wildman–Crippen MR) is 480 cm³/mol.